The molecule has 20 heavy (non-hydrogen) atoms. The number of anilines is 1. The molecule has 5 nitrogen and oxygen atoms in total. The predicted octanol–water partition coefficient (Wildman–Crippen LogP) is 2.09. The van der Waals surface area contributed by atoms with Crippen molar-refractivity contribution in [3.05, 3.63) is 41.7 Å². The summed E-state index contributed by atoms with van der Waals surface area (Å²) in [5.41, 5.74) is 3.17. The summed E-state index contributed by atoms with van der Waals surface area (Å²) in [6.07, 6.45) is 1.17. The summed E-state index contributed by atoms with van der Waals surface area (Å²) in [6.45, 7) is 7.07. The Hall–Kier alpha value is -1.88. The van der Waals surface area contributed by atoms with E-state index in [0.717, 1.165) is 44.1 Å². The summed E-state index contributed by atoms with van der Waals surface area (Å²) in [5.74, 6) is 0. The van der Waals surface area contributed by atoms with E-state index >= 15 is 0 Å². The number of aromatic nitrogens is 2. The number of rotatable bonds is 3. The number of hydrogen-bond acceptors (Lipinski definition) is 5. The Labute approximate surface area is 119 Å². The Balaban J connectivity index is 1.61. The predicted molar refractivity (Wildman–Crippen MR) is 77.6 cm³/mol. The van der Waals surface area contributed by atoms with Crippen LogP contribution in [-0.4, -0.2) is 41.4 Å². The van der Waals surface area contributed by atoms with Gasteiger partial charge in [-0.15, -0.1) is 0 Å². The van der Waals surface area contributed by atoms with Crippen LogP contribution in [-0.2, 0) is 6.54 Å². The highest BCUT2D eigenvalue weighted by Gasteiger charge is 2.17. The maximum absolute atomic E-state index is 4.77. The molecule has 1 aliphatic heterocycles. The van der Waals surface area contributed by atoms with Gasteiger partial charge in [-0.05, 0) is 25.5 Å². The Kier molecular flexibility index (Phi) is 3.97. The van der Waals surface area contributed by atoms with Gasteiger partial charge < -0.3 is 4.90 Å². The van der Waals surface area contributed by atoms with Gasteiger partial charge in [0.1, 0.15) is 11.4 Å². The summed E-state index contributed by atoms with van der Waals surface area (Å²) in [4.78, 5) is 4.88. The number of nitrogens with zero attached hydrogens (tertiary/aromatic N) is 4. The highest BCUT2D eigenvalue weighted by atomic mass is 16.6. The molecule has 3 rings (SSSR count). The zero-order valence-electron chi connectivity index (χ0n) is 11.8. The molecule has 0 N–H and O–H groups in total. The Morgan fingerprint density at radius 3 is 2.65 bits per heavy atom. The summed E-state index contributed by atoms with van der Waals surface area (Å²) >= 11 is 0. The lowest BCUT2D eigenvalue weighted by Crippen LogP contribution is -2.30. The lowest BCUT2D eigenvalue weighted by atomic mass is 10.3. The van der Waals surface area contributed by atoms with Gasteiger partial charge in [0.15, 0.2) is 0 Å². The molecule has 0 spiro atoms. The van der Waals surface area contributed by atoms with E-state index in [4.69, 9.17) is 4.63 Å². The molecule has 0 bridgehead atoms. The minimum atomic E-state index is 0.831. The molecule has 0 unspecified atom stereocenters. The van der Waals surface area contributed by atoms with Crippen LogP contribution < -0.4 is 4.90 Å². The summed E-state index contributed by atoms with van der Waals surface area (Å²) in [7, 11) is 0. The van der Waals surface area contributed by atoms with Crippen molar-refractivity contribution in [1.82, 2.24) is 15.2 Å². The van der Waals surface area contributed by atoms with Crippen LogP contribution in [0.3, 0.4) is 0 Å². The van der Waals surface area contributed by atoms with Crippen molar-refractivity contribution in [3.63, 3.8) is 0 Å². The molecule has 106 valence electrons. The Bertz CT molecular complexity index is 540. The molecular formula is C15H20N4O. The smallest absolute Gasteiger partial charge is 0.122 e. The van der Waals surface area contributed by atoms with Gasteiger partial charge in [-0.3, -0.25) is 4.90 Å². The first-order valence-electron chi connectivity index (χ1n) is 7.13. The molecule has 0 atom stereocenters. The van der Waals surface area contributed by atoms with Crippen LogP contribution in [0.5, 0.6) is 0 Å². The van der Waals surface area contributed by atoms with E-state index in [-0.39, 0.29) is 0 Å². The van der Waals surface area contributed by atoms with Gasteiger partial charge in [0.2, 0.25) is 0 Å². The highest BCUT2D eigenvalue weighted by molar-refractivity contribution is 5.46. The van der Waals surface area contributed by atoms with Gasteiger partial charge in [0.25, 0.3) is 0 Å². The second-order valence-electron chi connectivity index (χ2n) is 5.25. The second kappa shape index (κ2) is 6.05. The minimum absolute atomic E-state index is 0.831. The van der Waals surface area contributed by atoms with Gasteiger partial charge in [-0.25, -0.2) is 4.63 Å². The van der Waals surface area contributed by atoms with E-state index in [9.17, 15) is 0 Å². The summed E-state index contributed by atoms with van der Waals surface area (Å²) in [6, 6.07) is 10.6. The van der Waals surface area contributed by atoms with Crippen LogP contribution in [0, 0.1) is 6.92 Å². The third kappa shape index (κ3) is 2.99. The van der Waals surface area contributed by atoms with Crippen molar-refractivity contribution in [1.29, 1.82) is 0 Å². The third-order valence-electron chi connectivity index (χ3n) is 3.83. The van der Waals surface area contributed by atoms with Crippen molar-refractivity contribution >= 4 is 5.69 Å². The normalized spacial score (nSPS) is 17.1. The summed E-state index contributed by atoms with van der Waals surface area (Å²) < 4.78 is 4.77. The van der Waals surface area contributed by atoms with Gasteiger partial charge in [0, 0.05) is 38.4 Å². The van der Waals surface area contributed by atoms with Crippen LogP contribution in [0.1, 0.15) is 17.8 Å². The maximum Gasteiger partial charge on any atom is 0.122 e. The van der Waals surface area contributed by atoms with Crippen LogP contribution in [0.4, 0.5) is 5.69 Å². The molecule has 0 saturated carbocycles. The Morgan fingerprint density at radius 1 is 1.05 bits per heavy atom. The first kappa shape index (κ1) is 13.1. The molecule has 1 saturated heterocycles. The van der Waals surface area contributed by atoms with Crippen molar-refractivity contribution in [3.8, 4) is 0 Å². The first-order valence-corrected chi connectivity index (χ1v) is 7.13. The molecule has 0 radical (unpaired) electrons. The fourth-order valence-corrected chi connectivity index (χ4v) is 2.63. The largest absolute Gasteiger partial charge is 0.370 e. The average Bonchev–Trinajstić information content (AvgIpc) is 2.75. The van der Waals surface area contributed by atoms with Gasteiger partial charge in [-0.1, -0.05) is 28.5 Å². The SMILES string of the molecule is Cc1nonc1CN1CCCN(c2ccccc2)CC1. The zero-order valence-corrected chi connectivity index (χ0v) is 11.8. The topological polar surface area (TPSA) is 45.4 Å². The average molecular weight is 272 g/mol. The van der Waals surface area contributed by atoms with Crippen molar-refractivity contribution in [2.75, 3.05) is 31.1 Å². The van der Waals surface area contributed by atoms with Crippen LogP contribution in [0.15, 0.2) is 35.0 Å². The number of para-hydroxylation sites is 1. The van der Waals surface area contributed by atoms with Crippen molar-refractivity contribution in [2.24, 2.45) is 0 Å². The van der Waals surface area contributed by atoms with E-state index in [1.807, 2.05) is 6.92 Å². The molecule has 5 heteroatoms. The molecule has 2 heterocycles. The minimum Gasteiger partial charge on any atom is -0.370 e. The van der Waals surface area contributed by atoms with E-state index in [1.165, 1.54) is 12.1 Å². The Morgan fingerprint density at radius 2 is 1.90 bits per heavy atom. The lowest BCUT2D eigenvalue weighted by Gasteiger charge is -2.23. The quantitative estimate of drug-likeness (QED) is 0.856. The van der Waals surface area contributed by atoms with E-state index in [0.29, 0.717) is 0 Å². The fraction of sp³-hybridized carbons (Fsp3) is 0.467. The summed E-state index contributed by atoms with van der Waals surface area (Å²) in [5, 5.41) is 7.82. The maximum atomic E-state index is 4.77. The molecule has 1 aliphatic rings. The van der Waals surface area contributed by atoms with Crippen LogP contribution in [0.25, 0.3) is 0 Å². The van der Waals surface area contributed by atoms with E-state index in [2.05, 4.69) is 50.4 Å². The number of aryl methyl sites for hydroxylation is 1. The van der Waals surface area contributed by atoms with E-state index in [1.54, 1.807) is 0 Å². The molecular weight excluding hydrogens is 252 g/mol. The number of hydrogen-bond donors (Lipinski definition) is 0. The number of benzene rings is 1. The molecule has 1 aromatic carbocycles. The van der Waals surface area contributed by atoms with Gasteiger partial charge >= 0.3 is 0 Å². The lowest BCUT2D eigenvalue weighted by molar-refractivity contribution is 0.263. The molecule has 1 fully saturated rings. The first-order chi connectivity index (χ1) is 9.83. The third-order valence-corrected chi connectivity index (χ3v) is 3.83. The fourth-order valence-electron chi connectivity index (χ4n) is 2.63. The monoisotopic (exact) mass is 272 g/mol. The van der Waals surface area contributed by atoms with Gasteiger partial charge in [0.05, 0.1) is 0 Å². The molecule has 0 aliphatic carbocycles. The van der Waals surface area contributed by atoms with Gasteiger partial charge in [-0.2, -0.15) is 0 Å². The zero-order chi connectivity index (χ0) is 13.8. The standard InChI is InChI=1S/C15H20N4O/c1-13-15(17-20-16-13)12-18-8-5-9-19(11-10-18)14-6-3-2-4-7-14/h2-4,6-7H,5,8-12H2,1H3. The van der Waals surface area contributed by atoms with Crippen LogP contribution in [0.2, 0.25) is 0 Å². The van der Waals surface area contributed by atoms with Crippen LogP contribution >= 0.6 is 0 Å². The molecule has 2 aromatic rings. The van der Waals surface area contributed by atoms with Crippen molar-refractivity contribution < 1.29 is 4.63 Å². The molecule has 0 amide bonds. The van der Waals surface area contributed by atoms with E-state index < -0.39 is 0 Å². The highest BCUT2D eigenvalue weighted by Crippen LogP contribution is 2.16. The molecule has 1 aromatic heterocycles. The van der Waals surface area contributed by atoms with Crippen molar-refractivity contribution in [2.45, 2.75) is 19.9 Å². The second-order valence-corrected chi connectivity index (χ2v) is 5.25.